The van der Waals surface area contributed by atoms with Gasteiger partial charge in [-0.25, -0.2) is 8.42 Å². The highest BCUT2D eigenvalue weighted by Gasteiger charge is 2.51. The summed E-state index contributed by atoms with van der Waals surface area (Å²) in [4.78, 5) is 28.4. The minimum absolute atomic E-state index is 0.0487. The van der Waals surface area contributed by atoms with Crippen molar-refractivity contribution in [1.82, 2.24) is 10.2 Å². The first-order chi connectivity index (χ1) is 19.9. The zero-order valence-corrected chi connectivity index (χ0v) is 26.8. The van der Waals surface area contributed by atoms with Gasteiger partial charge < -0.3 is 10.2 Å². The molecule has 2 amide bonds. The fourth-order valence-electron chi connectivity index (χ4n) is 7.89. The number of rotatable bonds is 11. The molecule has 0 spiro atoms. The molecule has 0 aromatic heterocycles. The van der Waals surface area contributed by atoms with Gasteiger partial charge in [0.15, 0.2) is 0 Å². The van der Waals surface area contributed by atoms with Crippen LogP contribution in [0.3, 0.4) is 0 Å². The summed E-state index contributed by atoms with van der Waals surface area (Å²) in [5, 5.41) is 3.52. The quantitative estimate of drug-likeness (QED) is 0.342. The number of nitrogens with zero attached hydrogens (tertiary/aromatic N) is 2. The summed E-state index contributed by atoms with van der Waals surface area (Å²) in [6.45, 7) is 5.31. The van der Waals surface area contributed by atoms with E-state index < -0.39 is 28.5 Å². The minimum Gasteiger partial charge on any atom is -0.352 e. The van der Waals surface area contributed by atoms with Crippen LogP contribution in [0.15, 0.2) is 48.5 Å². The Kier molecular flexibility index (Phi) is 8.96. The van der Waals surface area contributed by atoms with Crippen LogP contribution in [0.4, 0.5) is 5.69 Å². The van der Waals surface area contributed by atoms with Crippen molar-refractivity contribution in [1.29, 1.82) is 0 Å². The highest BCUT2D eigenvalue weighted by atomic mass is 35.5. The van der Waals surface area contributed by atoms with Crippen LogP contribution >= 0.6 is 11.6 Å². The minimum atomic E-state index is -3.78. The predicted molar refractivity (Wildman–Crippen MR) is 168 cm³/mol. The maximum absolute atomic E-state index is 13.9. The number of carbonyl (C=O) groups is 2. The molecule has 9 heteroatoms. The van der Waals surface area contributed by atoms with E-state index in [4.69, 9.17) is 11.6 Å². The van der Waals surface area contributed by atoms with Gasteiger partial charge in [-0.05, 0) is 117 Å². The molecule has 0 radical (unpaired) electrons. The van der Waals surface area contributed by atoms with E-state index in [9.17, 15) is 18.0 Å². The van der Waals surface area contributed by atoms with E-state index in [1.807, 2.05) is 26.0 Å². The Bertz CT molecular complexity index is 1360. The van der Waals surface area contributed by atoms with Crippen molar-refractivity contribution in [2.24, 2.45) is 17.8 Å². The second kappa shape index (κ2) is 12.2. The molecule has 0 unspecified atom stereocenters. The lowest BCUT2D eigenvalue weighted by atomic mass is 9.48. The van der Waals surface area contributed by atoms with Crippen LogP contribution in [-0.2, 0) is 31.6 Å². The Morgan fingerprint density at radius 3 is 2.00 bits per heavy atom. The maximum Gasteiger partial charge on any atom is 0.244 e. The van der Waals surface area contributed by atoms with Crippen LogP contribution in [0.2, 0.25) is 5.02 Å². The number of sulfonamides is 1. The first-order valence-electron chi connectivity index (χ1n) is 15.3. The number of hydrogen-bond acceptors (Lipinski definition) is 4. The van der Waals surface area contributed by atoms with E-state index >= 15 is 0 Å². The molecule has 4 aliphatic rings. The maximum atomic E-state index is 13.9. The zero-order chi connectivity index (χ0) is 30.2. The number of amides is 2. The molecule has 228 valence electrons. The molecule has 0 saturated heterocycles. The largest absolute Gasteiger partial charge is 0.352 e. The standard InChI is InChI=1S/C33H44ClN3O4S/c1-5-22(2)35-32(39)23(3)36(20-24-6-10-29(34)11-7-24)31(38)21-37(42(4,40)41)30-12-8-28(9-13-30)33-17-25-14-26(18-33)16-27(15-25)19-33/h6-13,22-23,25-27H,5,14-21H2,1-4H3,(H,35,39)/t22-,23+,25?,26?,27?,33?/m0/s1. The molecule has 2 aromatic rings. The van der Waals surface area contributed by atoms with Crippen molar-refractivity contribution in [3.8, 4) is 0 Å². The number of benzene rings is 2. The Morgan fingerprint density at radius 1 is 0.952 bits per heavy atom. The molecule has 2 atom stereocenters. The second-order valence-corrected chi connectivity index (χ2v) is 15.5. The number of nitrogens with one attached hydrogen (secondary N) is 1. The van der Waals surface area contributed by atoms with Gasteiger partial charge in [0, 0.05) is 17.6 Å². The van der Waals surface area contributed by atoms with E-state index in [0.717, 1.165) is 40.3 Å². The summed E-state index contributed by atoms with van der Waals surface area (Å²) in [5.74, 6) is 1.71. The van der Waals surface area contributed by atoms with Crippen molar-refractivity contribution >= 4 is 39.1 Å². The van der Waals surface area contributed by atoms with Gasteiger partial charge in [0.1, 0.15) is 12.6 Å². The second-order valence-electron chi connectivity index (χ2n) is 13.2. The predicted octanol–water partition coefficient (Wildman–Crippen LogP) is 5.91. The van der Waals surface area contributed by atoms with Gasteiger partial charge in [-0.15, -0.1) is 0 Å². The van der Waals surface area contributed by atoms with E-state index in [-0.39, 0.29) is 23.9 Å². The third-order valence-corrected chi connectivity index (χ3v) is 11.3. The average molecular weight is 614 g/mol. The third-order valence-electron chi connectivity index (χ3n) is 9.92. The lowest BCUT2D eigenvalue weighted by Gasteiger charge is -2.57. The van der Waals surface area contributed by atoms with Crippen molar-refractivity contribution in [3.05, 3.63) is 64.7 Å². The lowest BCUT2D eigenvalue weighted by Crippen LogP contribution is -2.52. The van der Waals surface area contributed by atoms with Gasteiger partial charge in [0.25, 0.3) is 0 Å². The number of anilines is 1. The number of hydrogen-bond donors (Lipinski definition) is 1. The molecule has 4 bridgehead atoms. The van der Waals surface area contributed by atoms with Gasteiger partial charge in [0.05, 0.1) is 11.9 Å². The summed E-state index contributed by atoms with van der Waals surface area (Å²) >= 11 is 6.06. The summed E-state index contributed by atoms with van der Waals surface area (Å²) in [6, 6.07) is 14.1. The van der Waals surface area contributed by atoms with E-state index in [2.05, 4.69) is 17.4 Å². The molecular weight excluding hydrogens is 570 g/mol. The Hall–Kier alpha value is -2.58. The van der Waals surface area contributed by atoms with Gasteiger partial charge in [-0.3, -0.25) is 13.9 Å². The molecule has 4 fully saturated rings. The number of carbonyl (C=O) groups excluding carboxylic acids is 2. The van der Waals surface area contributed by atoms with Crippen LogP contribution in [0, 0.1) is 17.8 Å². The van der Waals surface area contributed by atoms with Crippen LogP contribution in [0.25, 0.3) is 0 Å². The van der Waals surface area contributed by atoms with Crippen LogP contribution in [-0.4, -0.2) is 50.0 Å². The van der Waals surface area contributed by atoms with E-state index in [1.165, 1.54) is 49.0 Å². The normalized spacial score (nSPS) is 26.0. The molecule has 4 saturated carbocycles. The molecule has 1 N–H and O–H groups in total. The van der Waals surface area contributed by atoms with Crippen molar-refractivity contribution < 1.29 is 18.0 Å². The Balaban J connectivity index is 1.38. The molecule has 42 heavy (non-hydrogen) atoms. The van der Waals surface area contributed by atoms with Gasteiger partial charge in [-0.2, -0.15) is 0 Å². The van der Waals surface area contributed by atoms with Crippen molar-refractivity contribution in [2.75, 3.05) is 17.1 Å². The van der Waals surface area contributed by atoms with E-state index in [1.54, 1.807) is 31.2 Å². The molecule has 7 nitrogen and oxygen atoms in total. The molecule has 0 aliphatic heterocycles. The van der Waals surface area contributed by atoms with E-state index in [0.29, 0.717) is 10.7 Å². The monoisotopic (exact) mass is 613 g/mol. The van der Waals surface area contributed by atoms with Crippen LogP contribution in [0.1, 0.15) is 76.8 Å². The lowest BCUT2D eigenvalue weighted by molar-refractivity contribution is -0.139. The molecule has 6 rings (SSSR count). The summed E-state index contributed by atoms with van der Waals surface area (Å²) in [6.07, 6.45) is 9.64. The molecular formula is C33H44ClN3O4S. The van der Waals surface area contributed by atoms with Crippen LogP contribution in [0.5, 0.6) is 0 Å². The highest BCUT2D eigenvalue weighted by Crippen LogP contribution is 2.60. The number of halogens is 1. The van der Waals surface area contributed by atoms with Gasteiger partial charge >= 0.3 is 0 Å². The van der Waals surface area contributed by atoms with Crippen molar-refractivity contribution in [2.45, 2.75) is 89.8 Å². The molecule has 4 aliphatic carbocycles. The van der Waals surface area contributed by atoms with Gasteiger partial charge in [0.2, 0.25) is 21.8 Å². The van der Waals surface area contributed by atoms with Crippen LogP contribution < -0.4 is 9.62 Å². The topological polar surface area (TPSA) is 86.8 Å². The van der Waals surface area contributed by atoms with Gasteiger partial charge in [-0.1, -0.05) is 42.8 Å². The smallest absolute Gasteiger partial charge is 0.244 e. The summed E-state index contributed by atoms with van der Waals surface area (Å²) in [7, 11) is -3.78. The highest BCUT2D eigenvalue weighted by molar-refractivity contribution is 7.92. The fraction of sp³-hybridized carbons (Fsp3) is 0.576. The first-order valence-corrected chi connectivity index (χ1v) is 17.5. The molecule has 2 aromatic carbocycles. The summed E-state index contributed by atoms with van der Waals surface area (Å²) in [5.41, 5.74) is 2.75. The third kappa shape index (κ3) is 6.65. The molecule has 0 heterocycles. The first kappa shape index (κ1) is 30.9. The van der Waals surface area contributed by atoms with Crippen molar-refractivity contribution in [3.63, 3.8) is 0 Å². The average Bonchev–Trinajstić information content (AvgIpc) is 2.93. The Labute approximate surface area is 256 Å². The fourth-order valence-corrected chi connectivity index (χ4v) is 8.87. The SMILES string of the molecule is CC[C@H](C)NC(=O)[C@@H](C)N(Cc1ccc(Cl)cc1)C(=O)CN(c1ccc(C23CC4CC(CC(C4)C2)C3)cc1)S(C)(=O)=O. The summed E-state index contributed by atoms with van der Waals surface area (Å²) < 4.78 is 27.2. The zero-order valence-electron chi connectivity index (χ0n) is 25.2. The Morgan fingerprint density at radius 2 is 1.50 bits per heavy atom.